The average molecular weight is 449 g/mol. The highest BCUT2D eigenvalue weighted by molar-refractivity contribution is 7.92. The molecule has 2 heterocycles. The van der Waals surface area contributed by atoms with Gasteiger partial charge in [-0.05, 0) is 54.4 Å². The van der Waals surface area contributed by atoms with Gasteiger partial charge < -0.3 is 5.73 Å². The van der Waals surface area contributed by atoms with Gasteiger partial charge in [0.1, 0.15) is 5.82 Å². The number of sulfonamides is 1. The quantitative estimate of drug-likeness (QED) is 0.435. The Labute approximate surface area is 175 Å². The number of pyridine rings is 1. The monoisotopic (exact) mass is 448 g/mol. The van der Waals surface area contributed by atoms with Crippen molar-refractivity contribution >= 4 is 54.0 Å². The summed E-state index contributed by atoms with van der Waals surface area (Å²) >= 11 is 7.47. The summed E-state index contributed by atoms with van der Waals surface area (Å²) in [6.45, 7) is 1.52. The second-order valence-electron chi connectivity index (χ2n) is 6.31. The largest absolute Gasteiger partial charge is 0.375 e. The number of nitrogen functional groups attached to an aromatic ring is 1. The van der Waals surface area contributed by atoms with E-state index in [1.165, 1.54) is 24.3 Å². The highest BCUT2D eigenvalue weighted by atomic mass is 35.5. The van der Waals surface area contributed by atoms with Gasteiger partial charge in [0, 0.05) is 11.8 Å². The molecule has 0 bridgehead atoms. The Morgan fingerprint density at radius 2 is 1.93 bits per heavy atom. The molecule has 0 fully saturated rings. The molecular formula is C19H14ClFN4O2S2. The third-order valence-electron chi connectivity index (χ3n) is 4.25. The molecule has 0 aliphatic heterocycles. The van der Waals surface area contributed by atoms with E-state index in [9.17, 15) is 12.8 Å². The van der Waals surface area contributed by atoms with Gasteiger partial charge in [-0.1, -0.05) is 29.0 Å². The van der Waals surface area contributed by atoms with E-state index >= 15 is 0 Å². The van der Waals surface area contributed by atoms with Crippen LogP contribution in [0.3, 0.4) is 0 Å². The number of fused-ring (bicyclic) bond motifs is 1. The number of thiazole rings is 1. The maximum atomic E-state index is 13.3. The van der Waals surface area contributed by atoms with Crippen molar-refractivity contribution in [1.82, 2.24) is 9.97 Å². The van der Waals surface area contributed by atoms with Crippen LogP contribution in [-0.4, -0.2) is 18.4 Å². The molecular weight excluding hydrogens is 435 g/mol. The van der Waals surface area contributed by atoms with E-state index in [0.29, 0.717) is 10.7 Å². The summed E-state index contributed by atoms with van der Waals surface area (Å²) in [6, 6.07) is 10.6. The molecule has 0 aliphatic rings. The van der Waals surface area contributed by atoms with Crippen LogP contribution in [0, 0.1) is 12.7 Å². The number of anilines is 2. The minimum Gasteiger partial charge on any atom is -0.375 e. The van der Waals surface area contributed by atoms with E-state index in [1.54, 1.807) is 12.3 Å². The summed E-state index contributed by atoms with van der Waals surface area (Å²) in [7, 11) is -3.98. The molecule has 4 rings (SSSR count). The summed E-state index contributed by atoms with van der Waals surface area (Å²) < 4.78 is 42.2. The third-order valence-corrected chi connectivity index (χ3v) is 6.92. The minimum absolute atomic E-state index is 0.000188. The molecule has 0 saturated heterocycles. The Morgan fingerprint density at radius 3 is 2.69 bits per heavy atom. The standard InChI is InChI=1S/C19H14ClFN4O2S2/c1-10-6-13(21)3-5-17(10)29(26,27)25-15-7-12(9-23-18(15)20)11-2-4-14-16(8-11)28-19(22)24-14/h2-9,25H,1H3,(H2,22,24). The molecule has 6 nitrogen and oxygen atoms in total. The van der Waals surface area contributed by atoms with Gasteiger partial charge in [-0.25, -0.2) is 22.8 Å². The lowest BCUT2D eigenvalue weighted by molar-refractivity contribution is 0.598. The van der Waals surface area contributed by atoms with Gasteiger partial charge >= 0.3 is 0 Å². The van der Waals surface area contributed by atoms with Crippen molar-refractivity contribution in [2.75, 3.05) is 10.5 Å². The molecule has 2 aromatic carbocycles. The van der Waals surface area contributed by atoms with Crippen LogP contribution < -0.4 is 10.5 Å². The topological polar surface area (TPSA) is 98.0 Å². The fourth-order valence-electron chi connectivity index (χ4n) is 2.91. The van der Waals surface area contributed by atoms with E-state index in [4.69, 9.17) is 17.3 Å². The van der Waals surface area contributed by atoms with Gasteiger partial charge in [-0.3, -0.25) is 4.72 Å². The van der Waals surface area contributed by atoms with Gasteiger partial charge in [-0.15, -0.1) is 0 Å². The van der Waals surface area contributed by atoms with Crippen LogP contribution >= 0.6 is 22.9 Å². The summed E-state index contributed by atoms with van der Waals surface area (Å²) in [4.78, 5) is 8.27. The molecule has 2 aromatic heterocycles. The maximum absolute atomic E-state index is 13.3. The molecule has 4 aromatic rings. The zero-order valence-electron chi connectivity index (χ0n) is 15.0. The summed E-state index contributed by atoms with van der Waals surface area (Å²) in [5.41, 5.74) is 8.41. The molecule has 0 saturated carbocycles. The summed E-state index contributed by atoms with van der Waals surface area (Å²) in [5.74, 6) is -0.512. The molecule has 0 amide bonds. The Bertz CT molecular complexity index is 1360. The first kappa shape index (κ1) is 19.6. The Morgan fingerprint density at radius 1 is 1.14 bits per heavy atom. The lowest BCUT2D eigenvalue weighted by atomic mass is 10.1. The van der Waals surface area contributed by atoms with Crippen LogP contribution in [-0.2, 0) is 10.0 Å². The van der Waals surface area contributed by atoms with Crippen LogP contribution in [0.2, 0.25) is 5.15 Å². The van der Waals surface area contributed by atoms with Crippen molar-refractivity contribution in [2.45, 2.75) is 11.8 Å². The second-order valence-corrected chi connectivity index (χ2v) is 9.38. The number of aryl methyl sites for hydroxylation is 1. The first-order valence-corrected chi connectivity index (χ1v) is 11.0. The Hall–Kier alpha value is -2.75. The molecule has 0 unspecified atom stereocenters. The van der Waals surface area contributed by atoms with E-state index in [2.05, 4.69) is 14.7 Å². The zero-order valence-corrected chi connectivity index (χ0v) is 17.4. The number of benzene rings is 2. The van der Waals surface area contributed by atoms with Gasteiger partial charge in [-0.2, -0.15) is 0 Å². The Kier molecular flexibility index (Phi) is 4.89. The lowest BCUT2D eigenvalue weighted by Crippen LogP contribution is -2.15. The molecule has 3 N–H and O–H groups in total. The van der Waals surface area contributed by atoms with Crippen LogP contribution in [0.25, 0.3) is 21.3 Å². The molecule has 29 heavy (non-hydrogen) atoms. The lowest BCUT2D eigenvalue weighted by Gasteiger charge is -2.12. The number of nitrogens with one attached hydrogen (secondary N) is 1. The smallest absolute Gasteiger partial charge is 0.262 e. The minimum atomic E-state index is -3.98. The number of hydrogen-bond acceptors (Lipinski definition) is 6. The number of aromatic nitrogens is 2. The van der Waals surface area contributed by atoms with Crippen molar-refractivity contribution in [3.63, 3.8) is 0 Å². The molecule has 148 valence electrons. The van der Waals surface area contributed by atoms with Crippen molar-refractivity contribution in [3.8, 4) is 11.1 Å². The van der Waals surface area contributed by atoms with E-state index in [-0.39, 0.29) is 21.3 Å². The third kappa shape index (κ3) is 3.89. The fraction of sp³-hybridized carbons (Fsp3) is 0.0526. The fourth-order valence-corrected chi connectivity index (χ4v) is 5.18. The van der Waals surface area contributed by atoms with Crippen molar-refractivity contribution in [3.05, 3.63) is 65.2 Å². The number of hydrogen-bond donors (Lipinski definition) is 2. The SMILES string of the molecule is Cc1cc(F)ccc1S(=O)(=O)Nc1cc(-c2ccc3nc(N)sc3c2)cnc1Cl. The summed E-state index contributed by atoms with van der Waals surface area (Å²) in [6.07, 6.45) is 1.55. The number of rotatable bonds is 4. The molecule has 10 heteroatoms. The maximum Gasteiger partial charge on any atom is 0.262 e. The Balaban J connectivity index is 1.72. The highest BCUT2D eigenvalue weighted by Crippen LogP contribution is 2.32. The predicted molar refractivity (Wildman–Crippen MR) is 114 cm³/mol. The van der Waals surface area contributed by atoms with Crippen molar-refractivity contribution < 1.29 is 12.8 Å². The zero-order chi connectivity index (χ0) is 20.8. The van der Waals surface area contributed by atoms with Gasteiger partial charge in [0.2, 0.25) is 0 Å². The van der Waals surface area contributed by atoms with Crippen molar-refractivity contribution in [1.29, 1.82) is 0 Å². The van der Waals surface area contributed by atoms with Gasteiger partial charge in [0.25, 0.3) is 10.0 Å². The normalized spacial score (nSPS) is 11.7. The molecule has 0 spiro atoms. The number of halogens is 2. The number of nitrogens with zero attached hydrogens (tertiary/aromatic N) is 2. The van der Waals surface area contributed by atoms with Crippen LogP contribution in [0.15, 0.2) is 53.6 Å². The van der Waals surface area contributed by atoms with Crippen LogP contribution in [0.5, 0.6) is 0 Å². The van der Waals surface area contributed by atoms with E-state index < -0.39 is 15.8 Å². The predicted octanol–water partition coefficient (Wildman–Crippen LogP) is 4.84. The van der Waals surface area contributed by atoms with E-state index in [0.717, 1.165) is 27.9 Å². The molecule has 0 aliphatic carbocycles. The van der Waals surface area contributed by atoms with Gasteiger partial charge in [0.05, 0.1) is 20.8 Å². The van der Waals surface area contributed by atoms with Crippen molar-refractivity contribution in [2.24, 2.45) is 0 Å². The molecule has 0 atom stereocenters. The van der Waals surface area contributed by atoms with Gasteiger partial charge in [0.15, 0.2) is 10.3 Å². The van der Waals surface area contributed by atoms with Crippen LogP contribution in [0.4, 0.5) is 15.2 Å². The number of nitrogens with two attached hydrogens (primary N) is 1. The first-order valence-electron chi connectivity index (χ1n) is 8.34. The summed E-state index contributed by atoms with van der Waals surface area (Å²) in [5, 5.41) is 0.467. The van der Waals surface area contributed by atoms with E-state index in [1.807, 2.05) is 18.2 Å². The molecule has 0 radical (unpaired) electrons. The van der Waals surface area contributed by atoms with Crippen LogP contribution in [0.1, 0.15) is 5.56 Å². The highest BCUT2D eigenvalue weighted by Gasteiger charge is 2.19. The average Bonchev–Trinajstić information content (AvgIpc) is 3.02. The second kappa shape index (κ2) is 7.25. The first-order chi connectivity index (χ1) is 13.7.